The molecular formula is C21H25ClN6Pt-3. The van der Waals surface area contributed by atoms with E-state index in [0.29, 0.717) is 11.9 Å². The second kappa shape index (κ2) is 12.1. The molecule has 1 fully saturated rings. The minimum Gasteiger partial charge on any atom is -0.679 e. The summed E-state index contributed by atoms with van der Waals surface area (Å²) in [7, 11) is 4.61. The van der Waals surface area contributed by atoms with E-state index < -0.39 is 0 Å². The van der Waals surface area contributed by atoms with Gasteiger partial charge in [0.25, 0.3) is 0 Å². The Balaban J connectivity index is 0.000000449. The summed E-state index contributed by atoms with van der Waals surface area (Å²) in [6.07, 6.45) is 1.02. The Morgan fingerprint density at radius 1 is 1.10 bits per heavy atom. The van der Waals surface area contributed by atoms with Gasteiger partial charge in [-0.3, -0.25) is 0 Å². The molecule has 0 radical (unpaired) electrons. The Hall–Kier alpha value is -1.72. The normalized spacial score (nSPS) is 15.4. The summed E-state index contributed by atoms with van der Waals surface area (Å²) in [6, 6.07) is 16.8. The minimum atomic E-state index is 0.236. The van der Waals surface area contributed by atoms with E-state index in [1.807, 2.05) is 17.0 Å². The average Bonchev–Trinajstić information content (AvgIpc) is 3.24. The Morgan fingerprint density at radius 3 is 2.07 bits per heavy atom. The zero-order chi connectivity index (χ0) is 21.2. The van der Waals surface area contributed by atoms with Gasteiger partial charge in [0, 0.05) is 16.8 Å². The number of pyridine rings is 1. The van der Waals surface area contributed by atoms with Crippen molar-refractivity contribution in [1.29, 1.82) is 0 Å². The van der Waals surface area contributed by atoms with Gasteiger partial charge in [-0.2, -0.15) is 13.1 Å². The van der Waals surface area contributed by atoms with Gasteiger partial charge in [-0.15, -0.1) is 0 Å². The summed E-state index contributed by atoms with van der Waals surface area (Å²) in [5, 5.41) is 15.7. The molecular weight excluding hydrogens is 567 g/mol. The first-order valence-corrected chi connectivity index (χ1v) is 12.2. The number of hydrogen-bond donors (Lipinski definition) is 1. The van der Waals surface area contributed by atoms with Gasteiger partial charge in [0.2, 0.25) is 0 Å². The largest absolute Gasteiger partial charge is 0.679 e. The number of halogens is 1. The molecule has 0 amide bonds. The van der Waals surface area contributed by atoms with E-state index in [1.54, 1.807) is 25.7 Å². The molecule has 1 aliphatic rings. The molecule has 2 heterocycles. The Labute approximate surface area is 187 Å². The van der Waals surface area contributed by atoms with E-state index in [1.165, 1.54) is 0 Å². The second-order valence-electron chi connectivity index (χ2n) is 6.64. The van der Waals surface area contributed by atoms with Crippen LogP contribution in [0.1, 0.15) is 13.3 Å². The molecule has 0 unspecified atom stereocenters. The number of anilines is 1. The number of likely N-dealkylation sites (tertiary alicyclic amines) is 1. The molecule has 2 aromatic carbocycles. The van der Waals surface area contributed by atoms with Gasteiger partial charge in [-0.25, -0.2) is 4.98 Å². The van der Waals surface area contributed by atoms with Crippen molar-refractivity contribution >= 4 is 42.7 Å². The summed E-state index contributed by atoms with van der Waals surface area (Å²) in [5.74, 6) is 0.402. The number of rotatable bonds is 3. The molecule has 8 heteroatoms. The van der Waals surface area contributed by atoms with Gasteiger partial charge < -0.3 is 27.1 Å². The molecule has 29 heavy (non-hydrogen) atoms. The fourth-order valence-corrected chi connectivity index (χ4v) is 3.37. The van der Waals surface area contributed by atoms with Crippen molar-refractivity contribution in [3.63, 3.8) is 0 Å². The van der Waals surface area contributed by atoms with Crippen molar-refractivity contribution in [2.24, 2.45) is 0 Å². The van der Waals surface area contributed by atoms with Crippen molar-refractivity contribution in [1.82, 2.24) is 9.88 Å². The van der Waals surface area contributed by atoms with Crippen molar-refractivity contribution in [3.8, 4) is 0 Å². The number of hydrogen-bond acceptors (Lipinski definition) is 2. The van der Waals surface area contributed by atoms with E-state index in [-0.39, 0.29) is 13.1 Å². The van der Waals surface area contributed by atoms with Gasteiger partial charge in [-0.05, 0) is 38.6 Å². The fraction of sp³-hybridized carbons (Fsp3) is 0.333. The molecule has 1 aromatic heterocycles. The van der Waals surface area contributed by atoms with Gasteiger partial charge in [0.15, 0.2) is 0 Å². The molecule has 0 bridgehead atoms. The second-order valence-corrected chi connectivity index (χ2v) is 6.64. The summed E-state index contributed by atoms with van der Waals surface area (Å²) < 4.78 is 0. The van der Waals surface area contributed by atoms with E-state index in [9.17, 15) is 5.41 Å². The van der Waals surface area contributed by atoms with Crippen LogP contribution in [0.15, 0.2) is 48.5 Å². The van der Waals surface area contributed by atoms with Crippen LogP contribution in [-0.4, -0.2) is 47.9 Å². The Bertz CT molecular complexity index is 879. The van der Waals surface area contributed by atoms with Gasteiger partial charge >= 0.3 is 28.2 Å². The molecule has 3 aromatic rings. The number of fused-ring (bicyclic) bond motifs is 2. The number of nitrogens with zero attached hydrogens (tertiary/aromatic N) is 3. The van der Waals surface area contributed by atoms with Gasteiger partial charge in [-0.1, -0.05) is 42.2 Å². The molecule has 0 spiro atoms. The molecule has 0 aliphatic carbocycles. The SMILES string of the molecule is CC(=[N-])N1CC[C@H](Nc2c3ccccc3nc3ccccc23)C1.[Cl][Pt].[NH-]CC[NH-]. The maximum atomic E-state index is 9.68. The molecule has 1 aliphatic heterocycles. The molecule has 6 nitrogen and oxygen atoms in total. The predicted molar refractivity (Wildman–Crippen MR) is 121 cm³/mol. The average molecular weight is 592 g/mol. The number of aromatic nitrogens is 1. The van der Waals surface area contributed by atoms with Gasteiger partial charge in [0.05, 0.1) is 16.7 Å². The molecule has 0 saturated carbocycles. The van der Waals surface area contributed by atoms with Crippen LogP contribution in [0, 0.1) is 0 Å². The number of para-hydroxylation sites is 2. The molecule has 159 valence electrons. The molecule has 4 rings (SSSR count). The van der Waals surface area contributed by atoms with Crippen LogP contribution in [-0.2, 0) is 18.8 Å². The first-order chi connectivity index (χ1) is 14.1. The predicted octanol–water partition coefficient (Wildman–Crippen LogP) is 5.64. The summed E-state index contributed by atoms with van der Waals surface area (Å²) in [6.45, 7) is 3.94. The molecule has 1 atom stereocenters. The monoisotopic (exact) mass is 591 g/mol. The fourth-order valence-electron chi connectivity index (χ4n) is 3.37. The summed E-state index contributed by atoms with van der Waals surface area (Å²) in [4.78, 5) is 6.78. The van der Waals surface area contributed by atoms with Gasteiger partial charge in [0.1, 0.15) is 0 Å². The van der Waals surface area contributed by atoms with Crippen LogP contribution in [0.2, 0.25) is 0 Å². The minimum absolute atomic E-state index is 0.236. The topological polar surface area (TPSA) is 98.1 Å². The van der Waals surface area contributed by atoms with E-state index in [2.05, 4.69) is 51.1 Å². The standard InChI is InChI=1S/C19H19N4.C2H6N2.ClH.Pt/c1-13(20)23-11-10-14(12-23)21-19-15-6-2-4-8-17(15)22-18-9-5-3-7-16(18)19;3-1-2-4;;/h2-9,14H,10-12H2,1H3,(H,21,22);3-4H,1-2H2;1H;/q-1;-2;;+1/p-1/t14-;;;/m0.../s1. The molecule has 3 N–H and O–H groups in total. The van der Waals surface area contributed by atoms with Crippen LogP contribution in [0.3, 0.4) is 0 Å². The maximum absolute atomic E-state index is 9.68. The van der Waals surface area contributed by atoms with Crippen molar-refractivity contribution in [3.05, 3.63) is 65.4 Å². The third-order valence-corrected chi connectivity index (χ3v) is 4.71. The zero-order valence-electron chi connectivity index (χ0n) is 16.3. The summed E-state index contributed by atoms with van der Waals surface area (Å²) in [5.41, 5.74) is 15.7. The van der Waals surface area contributed by atoms with Crippen LogP contribution in [0.4, 0.5) is 5.69 Å². The Kier molecular flexibility index (Phi) is 9.81. The first-order valence-electron chi connectivity index (χ1n) is 9.36. The van der Waals surface area contributed by atoms with E-state index in [0.717, 1.165) is 47.0 Å². The van der Waals surface area contributed by atoms with Crippen molar-refractivity contribution in [2.75, 3.05) is 31.5 Å². The van der Waals surface area contributed by atoms with E-state index in [4.69, 9.17) is 16.5 Å². The number of amidine groups is 1. The van der Waals surface area contributed by atoms with Crippen LogP contribution >= 0.6 is 9.42 Å². The van der Waals surface area contributed by atoms with Crippen molar-refractivity contribution in [2.45, 2.75) is 19.4 Å². The van der Waals surface area contributed by atoms with Crippen LogP contribution in [0.25, 0.3) is 38.7 Å². The summed E-state index contributed by atoms with van der Waals surface area (Å²) >= 11 is 1.61. The number of nitrogens with one attached hydrogen (secondary N) is 3. The molecule has 1 saturated heterocycles. The smallest absolute Gasteiger partial charge is 0.171 e. The van der Waals surface area contributed by atoms with E-state index >= 15 is 0 Å². The third kappa shape index (κ3) is 6.13. The Morgan fingerprint density at radius 2 is 1.62 bits per heavy atom. The van der Waals surface area contributed by atoms with Crippen molar-refractivity contribution < 1.29 is 18.8 Å². The van der Waals surface area contributed by atoms with Crippen LogP contribution < -0.4 is 5.32 Å². The first kappa shape index (κ1) is 23.6. The number of benzene rings is 2. The zero-order valence-corrected chi connectivity index (χ0v) is 19.3. The quantitative estimate of drug-likeness (QED) is 0.242. The third-order valence-electron chi connectivity index (χ3n) is 4.71. The van der Waals surface area contributed by atoms with Crippen LogP contribution in [0.5, 0.6) is 0 Å². The maximum Gasteiger partial charge on any atom is -0.171 e.